The topological polar surface area (TPSA) is 3.24 Å². The van der Waals surface area contributed by atoms with Crippen LogP contribution in [0.5, 0.6) is 0 Å². The van der Waals surface area contributed by atoms with Crippen molar-refractivity contribution < 1.29 is 0 Å². The van der Waals surface area contributed by atoms with Crippen molar-refractivity contribution >= 4 is 0 Å². The second-order valence-corrected chi connectivity index (χ2v) is 7.68. The lowest BCUT2D eigenvalue weighted by Crippen LogP contribution is -2.38. The largest absolute Gasteiger partial charge is 0.299 e. The van der Waals surface area contributed by atoms with Gasteiger partial charge in [0.2, 0.25) is 0 Å². The molecule has 0 radical (unpaired) electrons. The fraction of sp³-hybridized carbons (Fsp3) is 0.391. The van der Waals surface area contributed by atoms with Gasteiger partial charge in [-0.25, -0.2) is 0 Å². The zero-order valence-corrected chi connectivity index (χ0v) is 15.3. The number of hydrogen-bond donors (Lipinski definition) is 0. The molecule has 24 heavy (non-hydrogen) atoms. The minimum absolute atomic E-state index is 0.334. The summed E-state index contributed by atoms with van der Waals surface area (Å²) in [5.74, 6) is 0. The van der Waals surface area contributed by atoms with E-state index in [2.05, 4.69) is 80.8 Å². The van der Waals surface area contributed by atoms with Crippen LogP contribution in [-0.2, 0) is 6.54 Å². The fourth-order valence-corrected chi connectivity index (χ4v) is 3.48. The summed E-state index contributed by atoms with van der Waals surface area (Å²) in [4.78, 5) is 2.58. The van der Waals surface area contributed by atoms with E-state index < -0.39 is 0 Å². The lowest BCUT2D eigenvalue weighted by molar-refractivity contribution is 0.138. The van der Waals surface area contributed by atoms with E-state index in [0.717, 1.165) is 19.6 Å². The molecule has 2 aromatic carbocycles. The highest BCUT2D eigenvalue weighted by Gasteiger charge is 2.30. The van der Waals surface area contributed by atoms with Crippen LogP contribution in [-0.4, -0.2) is 18.0 Å². The molecule has 0 amide bonds. The third kappa shape index (κ3) is 3.79. The molecule has 2 aromatic rings. The summed E-state index contributed by atoms with van der Waals surface area (Å²) in [5, 5.41) is 0. The first kappa shape index (κ1) is 17.0. The Labute approximate surface area is 147 Å². The molecule has 1 aliphatic heterocycles. The third-order valence-corrected chi connectivity index (χ3v) is 5.71. The quantitative estimate of drug-likeness (QED) is 0.640. The molecular formula is C23H29N. The summed E-state index contributed by atoms with van der Waals surface area (Å²) in [6.45, 7) is 14.3. The Balaban J connectivity index is 1.68. The van der Waals surface area contributed by atoms with Crippen molar-refractivity contribution in [2.75, 3.05) is 13.1 Å². The van der Waals surface area contributed by atoms with Gasteiger partial charge in [-0.3, -0.25) is 4.90 Å². The molecule has 0 N–H and O–H groups in total. The van der Waals surface area contributed by atoms with Crippen molar-refractivity contribution in [3.63, 3.8) is 0 Å². The Morgan fingerprint density at radius 1 is 1.04 bits per heavy atom. The molecule has 1 aliphatic rings. The molecule has 0 spiro atoms. The molecule has 0 aliphatic carbocycles. The normalized spacial score (nSPS) is 17.6. The Hall–Kier alpha value is -1.86. The summed E-state index contributed by atoms with van der Waals surface area (Å²) in [7, 11) is 0. The molecule has 1 saturated heterocycles. The molecule has 0 unspecified atom stereocenters. The number of nitrogens with zero attached hydrogens (tertiary/aromatic N) is 1. The molecule has 0 aromatic heterocycles. The van der Waals surface area contributed by atoms with Crippen LogP contribution in [0.15, 0.2) is 60.7 Å². The van der Waals surface area contributed by atoms with Gasteiger partial charge in [-0.15, -0.1) is 0 Å². The van der Waals surface area contributed by atoms with Crippen LogP contribution < -0.4 is 0 Å². The number of hydrogen-bond acceptors (Lipinski definition) is 1. The van der Waals surface area contributed by atoms with Crippen molar-refractivity contribution in [2.24, 2.45) is 5.41 Å². The van der Waals surface area contributed by atoms with Gasteiger partial charge < -0.3 is 0 Å². The van der Waals surface area contributed by atoms with Crippen LogP contribution in [0.2, 0.25) is 0 Å². The highest BCUT2D eigenvalue weighted by Crippen LogP contribution is 2.37. The van der Waals surface area contributed by atoms with E-state index >= 15 is 0 Å². The Morgan fingerprint density at radius 2 is 1.71 bits per heavy atom. The Kier molecular flexibility index (Phi) is 4.91. The minimum atomic E-state index is 0.334. The van der Waals surface area contributed by atoms with Crippen molar-refractivity contribution in [1.29, 1.82) is 0 Å². The second-order valence-electron chi connectivity index (χ2n) is 7.68. The van der Waals surface area contributed by atoms with Crippen LogP contribution in [0, 0.1) is 12.3 Å². The molecule has 0 atom stereocenters. The zero-order chi connectivity index (χ0) is 17.2. The fourth-order valence-electron chi connectivity index (χ4n) is 3.48. The number of piperidine rings is 1. The number of allylic oxidation sites excluding steroid dienone is 1. The summed E-state index contributed by atoms with van der Waals surface area (Å²) in [6, 6.07) is 17.8. The van der Waals surface area contributed by atoms with E-state index in [0.29, 0.717) is 5.41 Å². The minimum Gasteiger partial charge on any atom is -0.299 e. The van der Waals surface area contributed by atoms with Gasteiger partial charge in [0, 0.05) is 6.54 Å². The molecular weight excluding hydrogens is 290 g/mol. The average Bonchev–Trinajstić information content (AvgIpc) is 2.58. The molecule has 0 bridgehead atoms. The van der Waals surface area contributed by atoms with Gasteiger partial charge >= 0.3 is 0 Å². The molecule has 1 nitrogen and oxygen atoms in total. The first-order chi connectivity index (χ1) is 11.5. The van der Waals surface area contributed by atoms with E-state index in [1.165, 1.54) is 40.7 Å². The standard InChI is InChI=1S/C23H29N/c1-18(2)23(4)12-14-24(15-13-23)17-20-6-5-7-22(16-20)21-10-8-19(3)9-11-21/h5-11,16H,1,12-15,17H2,2-4H3. The smallest absolute Gasteiger partial charge is 0.0233 e. The third-order valence-electron chi connectivity index (χ3n) is 5.71. The van der Waals surface area contributed by atoms with E-state index in [9.17, 15) is 0 Å². The summed E-state index contributed by atoms with van der Waals surface area (Å²) < 4.78 is 0. The van der Waals surface area contributed by atoms with Crippen LogP contribution in [0.3, 0.4) is 0 Å². The Bertz CT molecular complexity index is 703. The maximum Gasteiger partial charge on any atom is 0.0233 e. The van der Waals surface area contributed by atoms with E-state index in [-0.39, 0.29) is 0 Å². The van der Waals surface area contributed by atoms with Gasteiger partial charge in [0.25, 0.3) is 0 Å². The number of rotatable bonds is 4. The van der Waals surface area contributed by atoms with Crippen LogP contribution in [0.25, 0.3) is 11.1 Å². The molecule has 3 rings (SSSR count). The maximum absolute atomic E-state index is 4.19. The molecule has 1 heteroatoms. The highest BCUT2D eigenvalue weighted by atomic mass is 15.1. The van der Waals surface area contributed by atoms with Crippen molar-refractivity contribution in [3.05, 3.63) is 71.8 Å². The number of benzene rings is 2. The summed E-state index contributed by atoms with van der Waals surface area (Å²) in [6.07, 6.45) is 2.44. The van der Waals surface area contributed by atoms with Crippen LogP contribution in [0.1, 0.15) is 37.8 Å². The zero-order valence-electron chi connectivity index (χ0n) is 15.3. The molecule has 0 saturated carbocycles. The van der Waals surface area contributed by atoms with E-state index in [1.54, 1.807) is 0 Å². The lowest BCUT2D eigenvalue weighted by atomic mass is 9.75. The first-order valence-electron chi connectivity index (χ1n) is 9.01. The SMILES string of the molecule is C=C(C)C1(C)CCN(Cc2cccc(-c3ccc(C)cc3)c2)CC1. The van der Waals surface area contributed by atoms with Gasteiger partial charge in [0.1, 0.15) is 0 Å². The highest BCUT2D eigenvalue weighted by molar-refractivity contribution is 5.64. The van der Waals surface area contributed by atoms with Gasteiger partial charge in [0.15, 0.2) is 0 Å². The Morgan fingerprint density at radius 3 is 2.33 bits per heavy atom. The summed E-state index contributed by atoms with van der Waals surface area (Å²) in [5.41, 5.74) is 7.01. The molecule has 1 fully saturated rings. The average molecular weight is 319 g/mol. The van der Waals surface area contributed by atoms with Crippen molar-refractivity contribution in [2.45, 2.75) is 40.2 Å². The monoisotopic (exact) mass is 319 g/mol. The lowest BCUT2D eigenvalue weighted by Gasteiger charge is -2.40. The van der Waals surface area contributed by atoms with Crippen LogP contribution >= 0.6 is 0 Å². The number of aryl methyl sites for hydroxylation is 1. The number of likely N-dealkylation sites (tertiary alicyclic amines) is 1. The van der Waals surface area contributed by atoms with Crippen molar-refractivity contribution in [3.8, 4) is 11.1 Å². The maximum atomic E-state index is 4.19. The van der Waals surface area contributed by atoms with Gasteiger partial charge in [0.05, 0.1) is 0 Å². The molecule has 126 valence electrons. The van der Waals surface area contributed by atoms with Gasteiger partial charge in [-0.05, 0) is 68.0 Å². The van der Waals surface area contributed by atoms with E-state index in [1.807, 2.05) is 0 Å². The molecule has 1 heterocycles. The predicted molar refractivity (Wildman–Crippen MR) is 104 cm³/mol. The van der Waals surface area contributed by atoms with Gasteiger partial charge in [-0.1, -0.05) is 67.1 Å². The van der Waals surface area contributed by atoms with E-state index in [4.69, 9.17) is 0 Å². The predicted octanol–water partition coefficient (Wildman–Crippen LogP) is 5.84. The first-order valence-corrected chi connectivity index (χ1v) is 9.01. The van der Waals surface area contributed by atoms with Crippen LogP contribution in [0.4, 0.5) is 0 Å². The summed E-state index contributed by atoms with van der Waals surface area (Å²) >= 11 is 0. The second kappa shape index (κ2) is 6.94. The van der Waals surface area contributed by atoms with Gasteiger partial charge in [-0.2, -0.15) is 0 Å². The van der Waals surface area contributed by atoms with Crippen molar-refractivity contribution in [1.82, 2.24) is 4.90 Å².